The van der Waals surface area contributed by atoms with Crippen LogP contribution in [0, 0.1) is 12.3 Å². The number of carbonyl (C=O) groups is 1. The molecule has 0 saturated carbocycles. The smallest absolute Gasteiger partial charge is 0.234 e. The van der Waals surface area contributed by atoms with Crippen LogP contribution in [0.15, 0.2) is 29.4 Å². The maximum absolute atomic E-state index is 12.0. The first-order valence-electron chi connectivity index (χ1n) is 8.69. The van der Waals surface area contributed by atoms with Crippen LogP contribution >= 0.6 is 11.8 Å². The van der Waals surface area contributed by atoms with E-state index in [-0.39, 0.29) is 23.1 Å². The second-order valence-corrected chi connectivity index (χ2v) is 8.37. The Morgan fingerprint density at radius 1 is 1.31 bits per heavy atom. The predicted molar refractivity (Wildman–Crippen MR) is 107 cm³/mol. The molecule has 138 valence electrons. The number of thioether (sulfide) groups is 1. The van der Waals surface area contributed by atoms with E-state index in [4.69, 9.17) is 6.42 Å². The molecule has 1 aromatic heterocycles. The number of nitrogens with zero attached hydrogens (tertiary/aromatic N) is 3. The van der Waals surface area contributed by atoms with E-state index >= 15 is 0 Å². The zero-order valence-electron chi connectivity index (χ0n) is 16.0. The number of rotatable bonds is 6. The second-order valence-electron chi connectivity index (χ2n) is 7.06. The van der Waals surface area contributed by atoms with E-state index in [9.17, 15) is 4.79 Å². The molecule has 1 atom stereocenters. The number of carbonyl (C=O) groups excluding carboxylic acids is 1. The van der Waals surface area contributed by atoms with Gasteiger partial charge in [-0.2, -0.15) is 0 Å². The van der Waals surface area contributed by atoms with Crippen molar-refractivity contribution >= 4 is 17.7 Å². The lowest BCUT2D eigenvalue weighted by Crippen LogP contribution is -2.31. The molecule has 0 aliphatic heterocycles. The molecule has 1 N–H and O–H groups in total. The molecule has 1 aromatic carbocycles. The summed E-state index contributed by atoms with van der Waals surface area (Å²) in [6.07, 6.45) is 5.18. The van der Waals surface area contributed by atoms with Crippen LogP contribution in [0.25, 0.3) is 11.4 Å². The Morgan fingerprint density at radius 3 is 2.50 bits per heavy atom. The van der Waals surface area contributed by atoms with E-state index in [2.05, 4.69) is 66.5 Å². The van der Waals surface area contributed by atoms with Crippen LogP contribution in [0.1, 0.15) is 40.2 Å². The number of aromatic nitrogens is 3. The Bertz CT molecular complexity index is 797. The summed E-state index contributed by atoms with van der Waals surface area (Å²) in [5.41, 5.74) is 2.40. The van der Waals surface area contributed by atoms with Gasteiger partial charge in [-0.1, -0.05) is 62.7 Å². The SMILES string of the molecule is C#CCNC(=O)C(C)Sc1nnc(-c2ccc(C(C)(C)C)cc2)n1CC. The lowest BCUT2D eigenvalue weighted by atomic mass is 9.87. The predicted octanol–water partition coefficient (Wildman–Crippen LogP) is 3.49. The molecule has 2 rings (SSSR count). The van der Waals surface area contributed by atoms with Gasteiger partial charge < -0.3 is 9.88 Å². The van der Waals surface area contributed by atoms with Crippen LogP contribution in [0.2, 0.25) is 0 Å². The number of hydrogen-bond donors (Lipinski definition) is 1. The van der Waals surface area contributed by atoms with Crippen molar-refractivity contribution in [3.63, 3.8) is 0 Å². The van der Waals surface area contributed by atoms with Gasteiger partial charge in [0.15, 0.2) is 11.0 Å². The van der Waals surface area contributed by atoms with Crippen LogP contribution < -0.4 is 5.32 Å². The highest BCUT2D eigenvalue weighted by molar-refractivity contribution is 8.00. The standard InChI is InChI=1S/C20H26N4OS/c1-7-13-21-18(25)14(3)26-19-23-22-17(24(19)8-2)15-9-11-16(12-10-15)20(4,5)6/h1,9-12,14H,8,13H2,2-6H3,(H,21,25). The Morgan fingerprint density at radius 2 is 1.96 bits per heavy atom. The van der Waals surface area contributed by atoms with Gasteiger partial charge in [0.1, 0.15) is 0 Å². The third-order valence-electron chi connectivity index (χ3n) is 4.06. The molecule has 0 bridgehead atoms. The number of hydrogen-bond acceptors (Lipinski definition) is 4. The van der Waals surface area contributed by atoms with Crippen molar-refractivity contribution in [3.8, 4) is 23.7 Å². The van der Waals surface area contributed by atoms with Gasteiger partial charge in [-0.05, 0) is 24.8 Å². The summed E-state index contributed by atoms with van der Waals surface area (Å²) in [6.45, 7) is 11.4. The number of terminal acetylenes is 1. The van der Waals surface area contributed by atoms with Crippen LogP contribution in [0.4, 0.5) is 0 Å². The Labute approximate surface area is 160 Å². The molecule has 0 radical (unpaired) electrons. The Hall–Kier alpha value is -2.26. The van der Waals surface area contributed by atoms with Gasteiger partial charge in [0, 0.05) is 12.1 Å². The highest BCUT2D eigenvalue weighted by Crippen LogP contribution is 2.29. The fourth-order valence-electron chi connectivity index (χ4n) is 2.49. The number of nitrogens with one attached hydrogen (secondary N) is 1. The molecule has 0 aliphatic carbocycles. The summed E-state index contributed by atoms with van der Waals surface area (Å²) in [6, 6.07) is 8.42. The molecule has 0 saturated heterocycles. The van der Waals surface area contributed by atoms with E-state index < -0.39 is 0 Å². The van der Waals surface area contributed by atoms with Crippen molar-refractivity contribution in [1.82, 2.24) is 20.1 Å². The summed E-state index contributed by atoms with van der Waals surface area (Å²) >= 11 is 1.38. The van der Waals surface area contributed by atoms with Crippen molar-refractivity contribution in [2.75, 3.05) is 6.54 Å². The zero-order chi connectivity index (χ0) is 19.3. The molecular weight excluding hydrogens is 344 g/mol. The van der Waals surface area contributed by atoms with Crippen LogP contribution in [0.5, 0.6) is 0 Å². The Balaban J connectivity index is 2.22. The summed E-state index contributed by atoms with van der Waals surface area (Å²) in [5, 5.41) is 11.8. The van der Waals surface area contributed by atoms with Gasteiger partial charge in [-0.25, -0.2) is 0 Å². The number of amides is 1. The van der Waals surface area contributed by atoms with Crippen molar-refractivity contribution in [2.45, 2.75) is 57.0 Å². The van der Waals surface area contributed by atoms with Crippen LogP contribution in [-0.4, -0.2) is 32.5 Å². The largest absolute Gasteiger partial charge is 0.344 e. The average Bonchev–Trinajstić information content (AvgIpc) is 3.01. The molecule has 1 heterocycles. The zero-order valence-corrected chi connectivity index (χ0v) is 16.9. The topological polar surface area (TPSA) is 59.8 Å². The van der Waals surface area contributed by atoms with E-state index in [1.807, 2.05) is 18.4 Å². The second kappa shape index (κ2) is 8.41. The maximum atomic E-state index is 12.0. The highest BCUT2D eigenvalue weighted by Gasteiger charge is 2.20. The molecule has 6 heteroatoms. The average molecular weight is 371 g/mol. The molecule has 0 spiro atoms. The molecule has 0 aliphatic rings. The molecule has 2 aromatic rings. The third-order valence-corrected chi connectivity index (χ3v) is 5.14. The monoisotopic (exact) mass is 370 g/mol. The molecule has 26 heavy (non-hydrogen) atoms. The van der Waals surface area contributed by atoms with Crippen molar-refractivity contribution in [1.29, 1.82) is 0 Å². The van der Waals surface area contributed by atoms with Gasteiger partial charge in [-0.15, -0.1) is 16.6 Å². The third kappa shape index (κ3) is 4.67. The van der Waals surface area contributed by atoms with Gasteiger partial charge in [0.2, 0.25) is 5.91 Å². The minimum absolute atomic E-state index is 0.102. The summed E-state index contributed by atoms with van der Waals surface area (Å²) in [7, 11) is 0. The summed E-state index contributed by atoms with van der Waals surface area (Å²) in [5.74, 6) is 3.12. The van der Waals surface area contributed by atoms with Gasteiger partial charge >= 0.3 is 0 Å². The fourth-order valence-corrected chi connectivity index (χ4v) is 3.42. The van der Waals surface area contributed by atoms with E-state index in [1.54, 1.807) is 0 Å². The lowest BCUT2D eigenvalue weighted by molar-refractivity contribution is -0.120. The highest BCUT2D eigenvalue weighted by atomic mass is 32.2. The van der Waals surface area contributed by atoms with E-state index in [0.717, 1.165) is 23.1 Å². The first kappa shape index (κ1) is 20.1. The summed E-state index contributed by atoms with van der Waals surface area (Å²) < 4.78 is 2.03. The number of benzene rings is 1. The van der Waals surface area contributed by atoms with Crippen molar-refractivity contribution < 1.29 is 4.79 Å². The maximum Gasteiger partial charge on any atom is 0.234 e. The van der Waals surface area contributed by atoms with Gasteiger partial charge in [0.25, 0.3) is 0 Å². The quantitative estimate of drug-likeness (QED) is 0.625. The summed E-state index contributed by atoms with van der Waals surface area (Å²) in [4.78, 5) is 12.0. The van der Waals surface area contributed by atoms with Gasteiger partial charge in [0.05, 0.1) is 11.8 Å². The van der Waals surface area contributed by atoms with Crippen LogP contribution in [0.3, 0.4) is 0 Å². The molecule has 1 unspecified atom stereocenters. The minimum Gasteiger partial charge on any atom is -0.344 e. The molecular formula is C20H26N4OS. The fraction of sp³-hybridized carbons (Fsp3) is 0.450. The van der Waals surface area contributed by atoms with Crippen LogP contribution in [-0.2, 0) is 16.8 Å². The van der Waals surface area contributed by atoms with Gasteiger partial charge in [-0.3, -0.25) is 4.79 Å². The first-order chi connectivity index (χ1) is 12.3. The lowest BCUT2D eigenvalue weighted by Gasteiger charge is -2.19. The first-order valence-corrected chi connectivity index (χ1v) is 9.57. The minimum atomic E-state index is -0.297. The van der Waals surface area contributed by atoms with E-state index in [1.165, 1.54) is 17.3 Å². The Kier molecular flexibility index (Phi) is 6.49. The van der Waals surface area contributed by atoms with E-state index in [0.29, 0.717) is 0 Å². The molecule has 1 amide bonds. The molecule has 0 fully saturated rings. The normalized spacial score (nSPS) is 12.5. The van der Waals surface area contributed by atoms with Crippen molar-refractivity contribution in [2.24, 2.45) is 0 Å². The van der Waals surface area contributed by atoms with Crippen molar-refractivity contribution in [3.05, 3.63) is 29.8 Å². The molecule has 5 nitrogen and oxygen atoms in total.